The molecule has 0 spiro atoms. The number of aromatic nitrogens is 3. The zero-order valence-electron chi connectivity index (χ0n) is 12.4. The fourth-order valence-electron chi connectivity index (χ4n) is 3.73. The lowest BCUT2D eigenvalue weighted by atomic mass is 9.80. The van der Waals surface area contributed by atoms with Crippen LogP contribution in [-0.2, 0) is 24.2 Å². The first kappa shape index (κ1) is 13.5. The molecule has 0 atom stereocenters. The molecular weight excluding hydrogens is 282 g/mol. The van der Waals surface area contributed by atoms with Crippen molar-refractivity contribution in [3.05, 3.63) is 27.2 Å². The summed E-state index contributed by atoms with van der Waals surface area (Å²) in [6.45, 7) is -0.210. The van der Waals surface area contributed by atoms with Crippen LogP contribution in [-0.4, -0.2) is 25.8 Å². The first-order chi connectivity index (χ1) is 10.6. The molecule has 2 aromatic heterocycles. The highest BCUT2D eigenvalue weighted by atomic mass is 16.4. The van der Waals surface area contributed by atoms with Crippen molar-refractivity contribution < 1.29 is 9.90 Å². The average Bonchev–Trinajstić information content (AvgIpc) is 2.75. The standard InChI is InChI=1S/C16H19N3O3/c20-12(21)8-19-15-13(14(18-19)9-4-3-5-9)10-6-1-2-7-11(10)16(22)17-15/h9H,1-8H2,(H,17,22)(H,20,21). The van der Waals surface area contributed by atoms with Crippen LogP contribution >= 0.6 is 0 Å². The normalized spacial score (nSPS) is 18.2. The van der Waals surface area contributed by atoms with E-state index in [0.29, 0.717) is 11.6 Å². The van der Waals surface area contributed by atoms with Gasteiger partial charge in [-0.2, -0.15) is 5.10 Å². The van der Waals surface area contributed by atoms with E-state index in [0.717, 1.165) is 60.7 Å². The summed E-state index contributed by atoms with van der Waals surface area (Å²) in [4.78, 5) is 26.3. The van der Waals surface area contributed by atoms with Crippen molar-refractivity contribution in [1.82, 2.24) is 14.8 Å². The van der Waals surface area contributed by atoms with Gasteiger partial charge in [0.25, 0.3) is 5.56 Å². The average molecular weight is 301 g/mol. The van der Waals surface area contributed by atoms with Gasteiger partial charge in [-0.05, 0) is 44.1 Å². The Hall–Kier alpha value is -2.11. The molecule has 2 aliphatic carbocycles. The predicted molar refractivity (Wildman–Crippen MR) is 81.2 cm³/mol. The van der Waals surface area contributed by atoms with Crippen molar-refractivity contribution in [2.45, 2.75) is 57.4 Å². The SMILES string of the molecule is O=C(O)Cn1nc(C2CCC2)c2c3c(c(=O)[nH]c21)CCCC3. The largest absolute Gasteiger partial charge is 0.480 e. The molecule has 1 fully saturated rings. The van der Waals surface area contributed by atoms with Crippen molar-refractivity contribution in [1.29, 1.82) is 0 Å². The van der Waals surface area contributed by atoms with Gasteiger partial charge < -0.3 is 10.1 Å². The second kappa shape index (κ2) is 4.97. The first-order valence-electron chi connectivity index (χ1n) is 8.01. The first-order valence-corrected chi connectivity index (χ1v) is 8.01. The minimum Gasteiger partial charge on any atom is -0.480 e. The molecule has 116 valence electrons. The molecule has 2 aromatic rings. The maximum atomic E-state index is 12.3. The predicted octanol–water partition coefficient (Wildman–Crippen LogP) is 1.96. The van der Waals surface area contributed by atoms with Gasteiger partial charge in [0.05, 0.1) is 5.69 Å². The molecule has 2 aliphatic rings. The molecule has 4 rings (SSSR count). The highest BCUT2D eigenvalue weighted by Gasteiger charge is 2.29. The second-order valence-corrected chi connectivity index (χ2v) is 6.41. The van der Waals surface area contributed by atoms with E-state index in [9.17, 15) is 9.59 Å². The van der Waals surface area contributed by atoms with Crippen LogP contribution in [0.15, 0.2) is 4.79 Å². The Kier molecular flexibility index (Phi) is 3.06. The summed E-state index contributed by atoms with van der Waals surface area (Å²) in [5.74, 6) is -0.530. The van der Waals surface area contributed by atoms with E-state index in [-0.39, 0.29) is 12.1 Å². The van der Waals surface area contributed by atoms with Gasteiger partial charge in [-0.1, -0.05) is 6.42 Å². The molecule has 0 aliphatic heterocycles. The summed E-state index contributed by atoms with van der Waals surface area (Å²) in [6.07, 6.45) is 7.25. The van der Waals surface area contributed by atoms with Gasteiger partial charge in [-0.15, -0.1) is 0 Å². The van der Waals surface area contributed by atoms with E-state index in [1.807, 2.05) is 0 Å². The number of carbonyl (C=O) groups is 1. The monoisotopic (exact) mass is 301 g/mol. The molecule has 0 radical (unpaired) electrons. The van der Waals surface area contributed by atoms with Crippen molar-refractivity contribution in [2.24, 2.45) is 0 Å². The number of aryl methyl sites for hydroxylation is 1. The number of aromatic amines is 1. The number of fused-ring (bicyclic) bond motifs is 3. The molecular formula is C16H19N3O3. The van der Waals surface area contributed by atoms with E-state index < -0.39 is 5.97 Å². The molecule has 6 nitrogen and oxygen atoms in total. The zero-order valence-corrected chi connectivity index (χ0v) is 12.4. The van der Waals surface area contributed by atoms with Crippen molar-refractivity contribution in [3.8, 4) is 0 Å². The van der Waals surface area contributed by atoms with Crippen LogP contribution in [0.2, 0.25) is 0 Å². The number of rotatable bonds is 3. The van der Waals surface area contributed by atoms with Crippen LogP contribution in [0.4, 0.5) is 0 Å². The Balaban J connectivity index is 2.00. The number of hydrogen-bond donors (Lipinski definition) is 2. The fourth-order valence-corrected chi connectivity index (χ4v) is 3.73. The molecule has 2 heterocycles. The topological polar surface area (TPSA) is 88.0 Å². The Morgan fingerprint density at radius 3 is 2.59 bits per heavy atom. The molecule has 0 saturated heterocycles. The van der Waals surface area contributed by atoms with Crippen LogP contribution in [0.1, 0.15) is 54.8 Å². The van der Waals surface area contributed by atoms with Gasteiger partial charge >= 0.3 is 5.97 Å². The van der Waals surface area contributed by atoms with Gasteiger partial charge in [-0.3, -0.25) is 9.59 Å². The Bertz CT molecular complexity index is 814. The number of pyridine rings is 1. The molecule has 0 aromatic carbocycles. The lowest BCUT2D eigenvalue weighted by Crippen LogP contribution is -2.21. The quantitative estimate of drug-likeness (QED) is 0.907. The van der Waals surface area contributed by atoms with E-state index in [4.69, 9.17) is 5.11 Å². The molecule has 0 amide bonds. The number of carboxylic acids is 1. The maximum absolute atomic E-state index is 12.3. The third-order valence-corrected chi connectivity index (χ3v) is 5.03. The minimum absolute atomic E-state index is 0.0751. The zero-order chi connectivity index (χ0) is 15.3. The van der Waals surface area contributed by atoms with Gasteiger partial charge in [0, 0.05) is 16.9 Å². The highest BCUT2D eigenvalue weighted by Crippen LogP contribution is 2.40. The summed E-state index contributed by atoms with van der Waals surface area (Å²) >= 11 is 0. The number of nitrogens with zero attached hydrogens (tertiary/aromatic N) is 2. The molecule has 0 bridgehead atoms. The Morgan fingerprint density at radius 2 is 1.95 bits per heavy atom. The summed E-state index contributed by atoms with van der Waals surface area (Å²) < 4.78 is 1.46. The van der Waals surface area contributed by atoms with E-state index in [1.54, 1.807) is 0 Å². The molecule has 6 heteroatoms. The highest BCUT2D eigenvalue weighted by molar-refractivity contribution is 5.85. The van der Waals surface area contributed by atoms with Gasteiger partial charge in [0.15, 0.2) is 0 Å². The van der Waals surface area contributed by atoms with E-state index in [1.165, 1.54) is 11.1 Å². The molecule has 1 saturated carbocycles. The number of aliphatic carboxylic acids is 1. The third-order valence-electron chi connectivity index (χ3n) is 5.03. The smallest absolute Gasteiger partial charge is 0.325 e. The summed E-state index contributed by atoms with van der Waals surface area (Å²) in [5, 5.41) is 14.7. The third kappa shape index (κ3) is 1.97. The maximum Gasteiger partial charge on any atom is 0.325 e. The summed E-state index contributed by atoms with van der Waals surface area (Å²) in [7, 11) is 0. The van der Waals surface area contributed by atoms with E-state index in [2.05, 4.69) is 10.1 Å². The van der Waals surface area contributed by atoms with Crippen molar-refractivity contribution >= 4 is 17.0 Å². The lowest BCUT2D eigenvalue weighted by molar-refractivity contribution is -0.137. The van der Waals surface area contributed by atoms with Crippen LogP contribution < -0.4 is 5.56 Å². The van der Waals surface area contributed by atoms with Crippen molar-refractivity contribution in [2.75, 3.05) is 0 Å². The second-order valence-electron chi connectivity index (χ2n) is 6.41. The van der Waals surface area contributed by atoms with Crippen molar-refractivity contribution in [3.63, 3.8) is 0 Å². The van der Waals surface area contributed by atoms with Gasteiger partial charge in [0.1, 0.15) is 12.2 Å². The lowest BCUT2D eigenvalue weighted by Gasteiger charge is -2.25. The van der Waals surface area contributed by atoms with Crippen LogP contribution in [0.25, 0.3) is 11.0 Å². The molecule has 2 N–H and O–H groups in total. The minimum atomic E-state index is -0.942. The van der Waals surface area contributed by atoms with Crippen LogP contribution in [0, 0.1) is 0 Å². The Morgan fingerprint density at radius 1 is 1.23 bits per heavy atom. The molecule has 0 unspecified atom stereocenters. The number of carboxylic acid groups (broad SMARTS) is 1. The molecule has 22 heavy (non-hydrogen) atoms. The number of nitrogens with one attached hydrogen (secondary N) is 1. The van der Waals surface area contributed by atoms with Gasteiger partial charge in [-0.25, -0.2) is 4.68 Å². The summed E-state index contributed by atoms with van der Waals surface area (Å²) in [6, 6.07) is 0. The fraction of sp³-hybridized carbons (Fsp3) is 0.562. The Labute approximate surface area is 127 Å². The number of H-pyrrole nitrogens is 1. The van der Waals surface area contributed by atoms with Gasteiger partial charge in [0.2, 0.25) is 0 Å². The van der Waals surface area contributed by atoms with Crippen LogP contribution in [0.3, 0.4) is 0 Å². The summed E-state index contributed by atoms with van der Waals surface area (Å²) in [5.41, 5.74) is 3.51. The number of hydrogen-bond acceptors (Lipinski definition) is 3. The van der Waals surface area contributed by atoms with E-state index >= 15 is 0 Å². The van der Waals surface area contributed by atoms with Crippen LogP contribution in [0.5, 0.6) is 0 Å².